The molecule has 0 saturated carbocycles. The third kappa shape index (κ3) is 2.68. The van der Waals surface area contributed by atoms with Crippen LogP contribution in [-0.4, -0.2) is 19.5 Å². The highest BCUT2D eigenvalue weighted by atomic mass is 19.1. The van der Waals surface area contributed by atoms with E-state index in [-0.39, 0.29) is 11.3 Å². The van der Waals surface area contributed by atoms with E-state index in [1.807, 2.05) is 0 Å². The maximum absolute atomic E-state index is 13.1. The van der Waals surface area contributed by atoms with E-state index >= 15 is 0 Å². The van der Waals surface area contributed by atoms with Crippen LogP contribution in [0.25, 0.3) is 0 Å². The predicted octanol–water partition coefficient (Wildman–Crippen LogP) is 2.44. The second kappa shape index (κ2) is 5.34. The molecular weight excluding hydrogens is 199 g/mol. The van der Waals surface area contributed by atoms with Crippen LogP contribution >= 0.6 is 0 Å². The first kappa shape index (κ1) is 11.5. The van der Waals surface area contributed by atoms with Gasteiger partial charge >= 0.3 is 0 Å². The van der Waals surface area contributed by atoms with E-state index in [1.54, 1.807) is 13.8 Å². The first-order valence-corrected chi connectivity index (χ1v) is 4.77. The van der Waals surface area contributed by atoms with Gasteiger partial charge in [-0.25, -0.2) is 4.39 Å². The summed E-state index contributed by atoms with van der Waals surface area (Å²) in [7, 11) is 0. The summed E-state index contributed by atoms with van der Waals surface area (Å²) in [5.41, 5.74) is 0.167. The quantitative estimate of drug-likeness (QED) is 0.703. The maximum atomic E-state index is 13.1. The molecule has 15 heavy (non-hydrogen) atoms. The lowest BCUT2D eigenvalue weighted by atomic mass is 10.2. The second-order valence-electron chi connectivity index (χ2n) is 2.81. The van der Waals surface area contributed by atoms with Gasteiger partial charge < -0.3 is 9.47 Å². The van der Waals surface area contributed by atoms with Crippen molar-refractivity contribution in [3.8, 4) is 11.5 Å². The van der Waals surface area contributed by atoms with Gasteiger partial charge in [0.05, 0.1) is 18.8 Å². The van der Waals surface area contributed by atoms with Gasteiger partial charge in [0.1, 0.15) is 5.82 Å². The van der Waals surface area contributed by atoms with Gasteiger partial charge in [-0.2, -0.15) is 0 Å². The molecule has 0 aliphatic heterocycles. The Morgan fingerprint density at radius 1 is 1.27 bits per heavy atom. The normalized spacial score (nSPS) is 9.80. The Morgan fingerprint density at radius 3 is 2.47 bits per heavy atom. The number of hydrogen-bond acceptors (Lipinski definition) is 3. The first-order chi connectivity index (χ1) is 7.22. The van der Waals surface area contributed by atoms with Gasteiger partial charge in [0, 0.05) is 6.07 Å². The van der Waals surface area contributed by atoms with Gasteiger partial charge in [-0.05, 0) is 19.9 Å². The zero-order valence-electron chi connectivity index (χ0n) is 8.75. The average Bonchev–Trinajstić information content (AvgIpc) is 2.22. The molecule has 0 saturated heterocycles. The molecule has 0 heterocycles. The molecular formula is C11H13FO3. The monoisotopic (exact) mass is 212 g/mol. The summed E-state index contributed by atoms with van der Waals surface area (Å²) in [4.78, 5) is 10.7. The molecule has 82 valence electrons. The number of carbonyl (C=O) groups excluding carboxylic acids is 1. The summed E-state index contributed by atoms with van der Waals surface area (Å²) in [6.45, 7) is 4.35. The lowest BCUT2D eigenvalue weighted by Gasteiger charge is -2.12. The van der Waals surface area contributed by atoms with Crippen LogP contribution in [0.15, 0.2) is 12.1 Å². The summed E-state index contributed by atoms with van der Waals surface area (Å²) >= 11 is 0. The van der Waals surface area contributed by atoms with E-state index in [0.717, 1.165) is 6.07 Å². The molecule has 0 amide bonds. The fourth-order valence-electron chi connectivity index (χ4n) is 1.24. The van der Waals surface area contributed by atoms with Crippen LogP contribution < -0.4 is 9.47 Å². The van der Waals surface area contributed by atoms with Crippen molar-refractivity contribution in [2.45, 2.75) is 13.8 Å². The van der Waals surface area contributed by atoms with Crippen molar-refractivity contribution in [1.29, 1.82) is 0 Å². The van der Waals surface area contributed by atoms with Crippen LogP contribution in [0.3, 0.4) is 0 Å². The molecule has 0 aliphatic rings. The number of halogens is 1. The molecule has 1 rings (SSSR count). The highest BCUT2D eigenvalue weighted by molar-refractivity contribution is 5.81. The third-order valence-corrected chi connectivity index (χ3v) is 1.76. The molecule has 0 atom stereocenters. The van der Waals surface area contributed by atoms with Crippen LogP contribution in [-0.2, 0) is 0 Å². The number of hydrogen-bond donors (Lipinski definition) is 0. The third-order valence-electron chi connectivity index (χ3n) is 1.76. The molecule has 0 aliphatic carbocycles. The topological polar surface area (TPSA) is 35.5 Å². The first-order valence-electron chi connectivity index (χ1n) is 4.77. The molecule has 1 aromatic rings. The minimum absolute atomic E-state index is 0.167. The fraction of sp³-hybridized carbons (Fsp3) is 0.364. The molecule has 0 fully saturated rings. The van der Waals surface area contributed by atoms with Gasteiger partial charge in [-0.1, -0.05) is 0 Å². The predicted molar refractivity (Wildman–Crippen MR) is 54.1 cm³/mol. The number of benzene rings is 1. The van der Waals surface area contributed by atoms with Crippen LogP contribution in [0.5, 0.6) is 11.5 Å². The lowest BCUT2D eigenvalue weighted by Crippen LogP contribution is -2.02. The number of carbonyl (C=O) groups is 1. The smallest absolute Gasteiger partial charge is 0.171 e. The van der Waals surface area contributed by atoms with Gasteiger partial charge in [0.25, 0.3) is 0 Å². The van der Waals surface area contributed by atoms with Crippen molar-refractivity contribution in [1.82, 2.24) is 0 Å². The molecule has 0 bridgehead atoms. The Bertz CT molecular complexity index is 350. The average molecular weight is 212 g/mol. The van der Waals surface area contributed by atoms with Gasteiger partial charge in [0.15, 0.2) is 17.8 Å². The van der Waals surface area contributed by atoms with Crippen LogP contribution in [0.2, 0.25) is 0 Å². The van der Waals surface area contributed by atoms with E-state index < -0.39 is 5.82 Å². The fourth-order valence-corrected chi connectivity index (χ4v) is 1.24. The maximum Gasteiger partial charge on any atom is 0.171 e. The minimum Gasteiger partial charge on any atom is -0.490 e. The molecule has 0 spiro atoms. The zero-order valence-corrected chi connectivity index (χ0v) is 8.75. The van der Waals surface area contributed by atoms with Gasteiger partial charge in [-0.3, -0.25) is 4.79 Å². The Hall–Kier alpha value is -1.58. The molecule has 4 heteroatoms. The highest BCUT2D eigenvalue weighted by Gasteiger charge is 2.12. The Balaban J connectivity index is 3.19. The van der Waals surface area contributed by atoms with Crippen molar-refractivity contribution in [3.63, 3.8) is 0 Å². The van der Waals surface area contributed by atoms with Gasteiger partial charge in [0.2, 0.25) is 0 Å². The van der Waals surface area contributed by atoms with Gasteiger partial charge in [-0.15, -0.1) is 0 Å². The summed E-state index contributed by atoms with van der Waals surface area (Å²) in [6, 6.07) is 2.34. The highest BCUT2D eigenvalue weighted by Crippen LogP contribution is 2.31. The molecule has 0 radical (unpaired) electrons. The molecule has 0 unspecified atom stereocenters. The number of aldehydes is 1. The SMILES string of the molecule is CCOc1cc(F)cc(C=O)c1OCC. The molecule has 1 aromatic carbocycles. The van der Waals surface area contributed by atoms with Crippen LogP contribution in [0, 0.1) is 5.82 Å². The molecule has 0 aromatic heterocycles. The number of ether oxygens (including phenoxy) is 2. The van der Waals surface area contributed by atoms with Crippen LogP contribution in [0.4, 0.5) is 4.39 Å². The van der Waals surface area contributed by atoms with Crippen molar-refractivity contribution in [2.75, 3.05) is 13.2 Å². The van der Waals surface area contributed by atoms with E-state index in [1.165, 1.54) is 6.07 Å². The van der Waals surface area contributed by atoms with E-state index in [0.29, 0.717) is 25.2 Å². The summed E-state index contributed by atoms with van der Waals surface area (Å²) in [5.74, 6) is 0.0567. The Kier molecular flexibility index (Phi) is 4.09. The summed E-state index contributed by atoms with van der Waals surface area (Å²) < 4.78 is 23.5. The largest absolute Gasteiger partial charge is 0.490 e. The summed E-state index contributed by atoms with van der Waals surface area (Å²) in [5, 5.41) is 0. The Morgan fingerprint density at radius 2 is 1.93 bits per heavy atom. The second-order valence-corrected chi connectivity index (χ2v) is 2.81. The van der Waals surface area contributed by atoms with E-state index in [2.05, 4.69) is 0 Å². The Labute approximate surface area is 87.8 Å². The van der Waals surface area contributed by atoms with E-state index in [4.69, 9.17) is 9.47 Å². The van der Waals surface area contributed by atoms with Crippen molar-refractivity contribution >= 4 is 6.29 Å². The van der Waals surface area contributed by atoms with Crippen molar-refractivity contribution < 1.29 is 18.7 Å². The van der Waals surface area contributed by atoms with E-state index in [9.17, 15) is 9.18 Å². The summed E-state index contributed by atoms with van der Waals surface area (Å²) in [6.07, 6.45) is 0.552. The zero-order chi connectivity index (χ0) is 11.3. The number of rotatable bonds is 5. The van der Waals surface area contributed by atoms with Crippen LogP contribution in [0.1, 0.15) is 24.2 Å². The standard InChI is InChI=1S/C11H13FO3/c1-3-14-10-6-9(12)5-8(7-13)11(10)15-4-2/h5-7H,3-4H2,1-2H3. The molecule has 0 N–H and O–H groups in total. The lowest BCUT2D eigenvalue weighted by molar-refractivity contribution is 0.111. The molecule has 3 nitrogen and oxygen atoms in total. The van der Waals surface area contributed by atoms with Crippen molar-refractivity contribution in [2.24, 2.45) is 0 Å². The van der Waals surface area contributed by atoms with Crippen molar-refractivity contribution in [3.05, 3.63) is 23.5 Å². The minimum atomic E-state index is -0.510.